The monoisotopic (exact) mass is 679 g/mol. The van der Waals surface area contributed by atoms with E-state index in [1.54, 1.807) is 24.3 Å². The SMILES string of the molecule is N#Cc1ccc(OCCN2CC3CN(CCCCc4ccncc4)CC(C2)O3)cc1.N#Cc1ccc(OCCN2CC3CNCC(C2)O3)cc1. The molecule has 1 N–H and O–H groups in total. The van der Waals surface area contributed by atoms with Gasteiger partial charge in [0.1, 0.15) is 24.7 Å². The van der Waals surface area contributed by atoms with Crippen molar-refractivity contribution in [3.63, 3.8) is 0 Å². The van der Waals surface area contributed by atoms with Crippen LogP contribution in [0.2, 0.25) is 0 Å². The summed E-state index contributed by atoms with van der Waals surface area (Å²) in [5.74, 6) is 1.64. The first kappa shape index (κ1) is 35.7. The van der Waals surface area contributed by atoms with Crippen molar-refractivity contribution in [2.45, 2.75) is 43.7 Å². The first-order valence-corrected chi connectivity index (χ1v) is 18.0. The second kappa shape index (κ2) is 18.8. The number of rotatable bonds is 13. The van der Waals surface area contributed by atoms with Gasteiger partial charge in [-0.15, -0.1) is 0 Å². The van der Waals surface area contributed by atoms with Crippen LogP contribution in [0.25, 0.3) is 0 Å². The van der Waals surface area contributed by atoms with Gasteiger partial charge in [0.05, 0.1) is 47.7 Å². The summed E-state index contributed by atoms with van der Waals surface area (Å²) in [5, 5.41) is 21.0. The van der Waals surface area contributed by atoms with Crippen LogP contribution in [0.1, 0.15) is 29.5 Å². The zero-order chi connectivity index (χ0) is 34.4. The Kier molecular flexibility index (Phi) is 13.4. The van der Waals surface area contributed by atoms with Crippen LogP contribution in [0.5, 0.6) is 11.5 Å². The van der Waals surface area contributed by atoms with Crippen molar-refractivity contribution in [1.82, 2.24) is 25.0 Å². The Morgan fingerprint density at radius 3 is 1.58 bits per heavy atom. The van der Waals surface area contributed by atoms with Crippen molar-refractivity contribution in [2.24, 2.45) is 0 Å². The van der Waals surface area contributed by atoms with Crippen molar-refractivity contribution in [2.75, 3.05) is 85.2 Å². The normalized spacial score (nSPS) is 23.5. The highest BCUT2D eigenvalue weighted by molar-refractivity contribution is 5.35. The maximum Gasteiger partial charge on any atom is 0.119 e. The van der Waals surface area contributed by atoms with Crippen molar-refractivity contribution in [3.05, 3.63) is 89.7 Å². The topological polar surface area (TPSA) is 119 Å². The molecule has 5 heterocycles. The van der Waals surface area contributed by atoms with E-state index in [4.69, 9.17) is 29.5 Å². The molecule has 264 valence electrons. The van der Waals surface area contributed by atoms with Crippen LogP contribution in [-0.2, 0) is 15.9 Å². The number of aromatic nitrogens is 1. The minimum Gasteiger partial charge on any atom is -0.492 e. The molecule has 0 amide bonds. The van der Waals surface area contributed by atoms with Crippen LogP contribution in [0.3, 0.4) is 0 Å². The maximum atomic E-state index is 8.86. The lowest BCUT2D eigenvalue weighted by molar-refractivity contribution is -0.139. The first-order valence-electron chi connectivity index (χ1n) is 18.0. The van der Waals surface area contributed by atoms with Gasteiger partial charge in [0, 0.05) is 77.8 Å². The molecule has 0 radical (unpaired) electrons. The number of fused-ring (bicyclic) bond motifs is 4. The average Bonchev–Trinajstić information content (AvgIpc) is 3.14. The fourth-order valence-corrected chi connectivity index (χ4v) is 7.10. The quantitative estimate of drug-likeness (QED) is 0.268. The van der Waals surface area contributed by atoms with Crippen molar-refractivity contribution < 1.29 is 18.9 Å². The van der Waals surface area contributed by atoms with Gasteiger partial charge in [-0.3, -0.25) is 19.7 Å². The number of nitrogens with one attached hydrogen (secondary N) is 1. The second-order valence-corrected chi connectivity index (χ2v) is 13.5. The molecule has 7 rings (SSSR count). The molecule has 4 fully saturated rings. The Morgan fingerprint density at radius 2 is 1.08 bits per heavy atom. The molecule has 2 aromatic carbocycles. The third-order valence-electron chi connectivity index (χ3n) is 9.54. The van der Waals surface area contributed by atoms with Gasteiger partial charge in [0.15, 0.2) is 0 Å². The van der Waals surface area contributed by atoms with Crippen molar-refractivity contribution in [1.29, 1.82) is 10.5 Å². The highest BCUT2D eigenvalue weighted by atomic mass is 16.5. The Morgan fingerprint density at radius 1 is 0.620 bits per heavy atom. The number of benzene rings is 2. The van der Waals surface area contributed by atoms with Gasteiger partial charge >= 0.3 is 0 Å². The average molecular weight is 680 g/mol. The summed E-state index contributed by atoms with van der Waals surface area (Å²) in [6.07, 6.45) is 8.56. The molecule has 0 saturated carbocycles. The summed E-state index contributed by atoms with van der Waals surface area (Å²) in [6, 6.07) is 23.0. The molecule has 4 aliphatic heterocycles. The Hall–Kier alpha value is -4.07. The third-order valence-corrected chi connectivity index (χ3v) is 9.54. The van der Waals surface area contributed by atoms with Gasteiger partial charge in [-0.1, -0.05) is 0 Å². The van der Waals surface area contributed by atoms with Gasteiger partial charge in [0.2, 0.25) is 0 Å². The number of nitrogens with zero attached hydrogens (tertiary/aromatic N) is 6. The van der Waals surface area contributed by atoms with E-state index < -0.39 is 0 Å². The van der Waals surface area contributed by atoms with Gasteiger partial charge in [0.25, 0.3) is 0 Å². The van der Waals surface area contributed by atoms with E-state index in [0.717, 1.165) is 89.9 Å². The second-order valence-electron chi connectivity index (χ2n) is 13.5. The minimum atomic E-state index is 0.299. The highest BCUT2D eigenvalue weighted by Gasteiger charge is 2.34. The van der Waals surface area contributed by atoms with Crippen LogP contribution in [0.15, 0.2) is 73.1 Å². The molecule has 1 aromatic heterocycles. The Bertz CT molecular complexity index is 1500. The summed E-state index contributed by atoms with van der Waals surface area (Å²) in [5.41, 5.74) is 2.69. The number of nitriles is 2. The number of unbranched alkanes of at least 4 members (excludes halogenated alkanes) is 1. The number of pyridine rings is 1. The minimum absolute atomic E-state index is 0.299. The number of morpholine rings is 4. The summed E-state index contributed by atoms with van der Waals surface area (Å²) < 4.78 is 23.6. The van der Waals surface area contributed by atoms with E-state index in [1.165, 1.54) is 18.4 Å². The smallest absolute Gasteiger partial charge is 0.119 e. The summed E-state index contributed by atoms with van der Waals surface area (Å²) in [4.78, 5) is 11.5. The number of aryl methyl sites for hydroxylation is 1. The summed E-state index contributed by atoms with van der Waals surface area (Å²) >= 11 is 0. The van der Waals surface area contributed by atoms with Crippen molar-refractivity contribution >= 4 is 0 Å². The van der Waals surface area contributed by atoms with E-state index >= 15 is 0 Å². The first-order chi connectivity index (χ1) is 24.6. The molecule has 4 aliphatic rings. The van der Waals surface area contributed by atoms with Gasteiger partial charge in [-0.2, -0.15) is 10.5 Å². The predicted molar refractivity (Wildman–Crippen MR) is 190 cm³/mol. The molecule has 0 spiro atoms. The molecule has 4 bridgehead atoms. The van der Waals surface area contributed by atoms with Crippen LogP contribution < -0.4 is 14.8 Å². The van der Waals surface area contributed by atoms with Crippen LogP contribution in [0, 0.1) is 22.7 Å². The van der Waals surface area contributed by atoms with E-state index in [9.17, 15) is 0 Å². The zero-order valence-electron chi connectivity index (χ0n) is 28.9. The molecule has 50 heavy (non-hydrogen) atoms. The molecule has 4 saturated heterocycles. The maximum absolute atomic E-state index is 8.86. The van der Waals surface area contributed by atoms with Crippen LogP contribution in [0.4, 0.5) is 0 Å². The van der Waals surface area contributed by atoms with E-state index in [2.05, 4.69) is 49.3 Å². The van der Waals surface area contributed by atoms with Gasteiger partial charge < -0.3 is 24.3 Å². The molecule has 3 aromatic rings. The predicted octanol–water partition coefficient (Wildman–Crippen LogP) is 3.35. The number of hydrogen-bond acceptors (Lipinski definition) is 11. The van der Waals surface area contributed by atoms with E-state index in [0.29, 0.717) is 48.8 Å². The molecule has 0 aliphatic carbocycles. The fourth-order valence-electron chi connectivity index (χ4n) is 7.10. The lowest BCUT2D eigenvalue weighted by Crippen LogP contribution is -2.59. The molecular formula is C39H49N7O4. The molecule has 4 atom stereocenters. The summed E-state index contributed by atoms with van der Waals surface area (Å²) in [6.45, 7) is 12.1. The van der Waals surface area contributed by atoms with E-state index in [1.807, 2.05) is 36.7 Å². The molecule has 4 unspecified atom stereocenters. The lowest BCUT2D eigenvalue weighted by Gasteiger charge is -2.45. The van der Waals surface area contributed by atoms with Crippen LogP contribution in [-0.4, -0.2) is 129 Å². The Labute approximate surface area is 296 Å². The number of ether oxygens (including phenoxy) is 4. The van der Waals surface area contributed by atoms with Crippen LogP contribution >= 0.6 is 0 Å². The molecule has 11 heteroatoms. The largest absolute Gasteiger partial charge is 0.492 e. The molecule has 11 nitrogen and oxygen atoms in total. The van der Waals surface area contributed by atoms with Gasteiger partial charge in [-0.25, -0.2) is 0 Å². The fraction of sp³-hybridized carbons (Fsp3) is 0.513. The third kappa shape index (κ3) is 11.2. The van der Waals surface area contributed by atoms with E-state index in [-0.39, 0.29) is 0 Å². The summed E-state index contributed by atoms with van der Waals surface area (Å²) in [7, 11) is 0. The molecular weight excluding hydrogens is 630 g/mol. The highest BCUT2D eigenvalue weighted by Crippen LogP contribution is 2.20. The standard InChI is InChI=1S/C24H30N4O2.C15H19N3O2/c25-15-21-4-6-22(7-5-21)29-14-13-28-18-23-16-27(17-24(19-28)30-23)12-2-1-3-20-8-10-26-11-9-20;16-7-12-1-3-13(4-2-12)19-6-5-18-10-14-8-17-9-15(11-18)20-14/h4-11,23-24H,1-3,12-14,16-19H2;1-4,14-15,17H,5-6,8-11H2. The van der Waals surface area contributed by atoms with Gasteiger partial charge in [-0.05, 0) is 92.0 Å². The lowest BCUT2D eigenvalue weighted by atomic mass is 10.1. The number of hydrogen-bond donors (Lipinski definition) is 1. The Balaban J connectivity index is 0.000000187. The van der Waals surface area contributed by atoms with Crippen molar-refractivity contribution in [3.8, 4) is 23.6 Å². The zero-order valence-corrected chi connectivity index (χ0v) is 28.9.